The minimum atomic E-state index is -0.291. The Labute approximate surface area is 115 Å². The van der Waals surface area contributed by atoms with Gasteiger partial charge in [0.1, 0.15) is 17.7 Å². The number of methoxy groups -OCH3 is 1. The monoisotopic (exact) mass is 269 g/mol. The van der Waals surface area contributed by atoms with E-state index in [1.807, 2.05) is 6.92 Å². The highest BCUT2D eigenvalue weighted by atomic mass is 19.1. The quantitative estimate of drug-likeness (QED) is 0.861. The van der Waals surface area contributed by atoms with Crippen LogP contribution in [0.25, 0.3) is 0 Å². The SMILES string of the molecule is COCC(CNC(C)(C)C)Oc1cc(F)ccc1C. The predicted octanol–water partition coefficient (Wildman–Crippen LogP) is 2.92. The molecule has 0 radical (unpaired) electrons. The summed E-state index contributed by atoms with van der Waals surface area (Å²) in [6.07, 6.45) is -0.148. The molecule has 1 atom stereocenters. The van der Waals surface area contributed by atoms with Gasteiger partial charge in [0.15, 0.2) is 0 Å². The second-order valence-electron chi connectivity index (χ2n) is 5.74. The van der Waals surface area contributed by atoms with Crippen LogP contribution in [-0.2, 0) is 4.74 Å². The van der Waals surface area contributed by atoms with E-state index < -0.39 is 0 Å². The van der Waals surface area contributed by atoms with Crippen LogP contribution in [-0.4, -0.2) is 31.9 Å². The van der Waals surface area contributed by atoms with Crippen LogP contribution >= 0.6 is 0 Å². The molecule has 0 aliphatic heterocycles. The first-order valence-electron chi connectivity index (χ1n) is 6.48. The zero-order valence-electron chi connectivity index (χ0n) is 12.4. The van der Waals surface area contributed by atoms with Gasteiger partial charge in [-0.15, -0.1) is 0 Å². The van der Waals surface area contributed by atoms with E-state index in [1.165, 1.54) is 12.1 Å². The molecule has 4 heteroatoms. The van der Waals surface area contributed by atoms with E-state index in [2.05, 4.69) is 26.1 Å². The summed E-state index contributed by atoms with van der Waals surface area (Å²) < 4.78 is 24.2. The van der Waals surface area contributed by atoms with Gasteiger partial charge in [-0.1, -0.05) is 6.07 Å². The number of benzene rings is 1. The third-order valence-corrected chi connectivity index (χ3v) is 2.66. The molecule has 1 rings (SSSR count). The van der Waals surface area contributed by atoms with Crippen LogP contribution in [0.1, 0.15) is 26.3 Å². The smallest absolute Gasteiger partial charge is 0.134 e. The molecule has 3 nitrogen and oxygen atoms in total. The van der Waals surface area contributed by atoms with Gasteiger partial charge in [-0.3, -0.25) is 0 Å². The van der Waals surface area contributed by atoms with E-state index in [1.54, 1.807) is 13.2 Å². The fraction of sp³-hybridized carbons (Fsp3) is 0.600. The van der Waals surface area contributed by atoms with E-state index in [9.17, 15) is 4.39 Å². The van der Waals surface area contributed by atoms with Crippen molar-refractivity contribution in [3.63, 3.8) is 0 Å². The van der Waals surface area contributed by atoms with Gasteiger partial charge in [-0.2, -0.15) is 0 Å². The maximum absolute atomic E-state index is 13.2. The Morgan fingerprint density at radius 3 is 2.58 bits per heavy atom. The summed E-state index contributed by atoms with van der Waals surface area (Å²) in [5, 5.41) is 3.36. The average molecular weight is 269 g/mol. The zero-order chi connectivity index (χ0) is 14.5. The summed E-state index contributed by atoms with van der Waals surface area (Å²) in [6, 6.07) is 4.56. The van der Waals surface area contributed by atoms with Crippen LogP contribution in [0.2, 0.25) is 0 Å². The molecule has 19 heavy (non-hydrogen) atoms. The molecule has 1 unspecified atom stereocenters. The third kappa shape index (κ3) is 6.03. The molecule has 1 N–H and O–H groups in total. The van der Waals surface area contributed by atoms with Crippen molar-refractivity contribution in [1.82, 2.24) is 5.32 Å². The Kier molecular flexibility index (Phi) is 5.76. The molecule has 0 amide bonds. The van der Waals surface area contributed by atoms with Crippen LogP contribution in [0.15, 0.2) is 18.2 Å². The molecule has 0 aromatic heterocycles. The molecule has 1 aromatic rings. The van der Waals surface area contributed by atoms with Gasteiger partial charge in [0, 0.05) is 25.3 Å². The summed E-state index contributed by atoms with van der Waals surface area (Å²) in [4.78, 5) is 0. The summed E-state index contributed by atoms with van der Waals surface area (Å²) in [5.41, 5.74) is 0.921. The molecule has 0 heterocycles. The molecular weight excluding hydrogens is 245 g/mol. The normalized spacial score (nSPS) is 13.4. The Morgan fingerprint density at radius 2 is 2.00 bits per heavy atom. The second-order valence-corrected chi connectivity index (χ2v) is 5.74. The Balaban J connectivity index is 2.69. The molecule has 0 saturated heterocycles. The van der Waals surface area contributed by atoms with Gasteiger partial charge in [0.25, 0.3) is 0 Å². The minimum Gasteiger partial charge on any atom is -0.486 e. The molecule has 1 aromatic carbocycles. The molecule has 0 fully saturated rings. The highest BCUT2D eigenvalue weighted by Crippen LogP contribution is 2.20. The number of hydrogen-bond donors (Lipinski definition) is 1. The molecular formula is C15H24FNO2. The van der Waals surface area contributed by atoms with Gasteiger partial charge in [-0.25, -0.2) is 4.39 Å². The predicted molar refractivity (Wildman–Crippen MR) is 75.2 cm³/mol. The number of ether oxygens (including phenoxy) is 2. The average Bonchev–Trinajstić information content (AvgIpc) is 2.30. The lowest BCUT2D eigenvalue weighted by Gasteiger charge is -2.26. The fourth-order valence-corrected chi connectivity index (χ4v) is 1.62. The highest BCUT2D eigenvalue weighted by molar-refractivity contribution is 5.32. The number of rotatable bonds is 6. The van der Waals surface area contributed by atoms with Crippen LogP contribution in [0, 0.1) is 12.7 Å². The van der Waals surface area contributed by atoms with E-state index >= 15 is 0 Å². The summed E-state index contributed by atoms with van der Waals surface area (Å²) in [7, 11) is 1.63. The van der Waals surface area contributed by atoms with E-state index in [0.717, 1.165) is 5.56 Å². The molecule has 0 bridgehead atoms. The first-order chi connectivity index (χ1) is 8.81. The lowest BCUT2D eigenvalue weighted by Crippen LogP contribution is -2.44. The molecule has 108 valence electrons. The van der Waals surface area contributed by atoms with Crippen LogP contribution in [0.4, 0.5) is 4.39 Å². The minimum absolute atomic E-state index is 0.00628. The lowest BCUT2D eigenvalue weighted by atomic mass is 10.1. The summed E-state index contributed by atoms with van der Waals surface area (Å²) in [6.45, 7) is 9.26. The van der Waals surface area contributed by atoms with Crippen LogP contribution in [0.3, 0.4) is 0 Å². The van der Waals surface area contributed by atoms with Gasteiger partial charge in [-0.05, 0) is 39.3 Å². The van der Waals surface area contributed by atoms with Crippen molar-refractivity contribution in [3.8, 4) is 5.75 Å². The van der Waals surface area contributed by atoms with Crippen molar-refractivity contribution < 1.29 is 13.9 Å². The number of aryl methyl sites for hydroxylation is 1. The Morgan fingerprint density at radius 1 is 1.32 bits per heavy atom. The number of hydrogen-bond acceptors (Lipinski definition) is 3. The first kappa shape index (κ1) is 15.9. The molecule has 0 spiro atoms. The van der Waals surface area contributed by atoms with Crippen molar-refractivity contribution in [2.45, 2.75) is 39.3 Å². The highest BCUT2D eigenvalue weighted by Gasteiger charge is 2.16. The number of nitrogens with one attached hydrogen (secondary N) is 1. The standard InChI is InChI=1S/C15H24FNO2/c1-11-6-7-12(16)8-14(11)19-13(10-18-5)9-17-15(2,3)4/h6-8,13,17H,9-10H2,1-5H3. The van der Waals surface area contributed by atoms with Crippen molar-refractivity contribution in [2.24, 2.45) is 0 Å². The van der Waals surface area contributed by atoms with E-state index in [4.69, 9.17) is 9.47 Å². The summed E-state index contributed by atoms with van der Waals surface area (Å²) >= 11 is 0. The van der Waals surface area contributed by atoms with Crippen molar-refractivity contribution in [3.05, 3.63) is 29.6 Å². The molecule has 0 saturated carbocycles. The maximum atomic E-state index is 13.2. The van der Waals surface area contributed by atoms with Crippen molar-refractivity contribution >= 4 is 0 Å². The third-order valence-electron chi connectivity index (χ3n) is 2.66. The van der Waals surface area contributed by atoms with Gasteiger partial charge >= 0.3 is 0 Å². The van der Waals surface area contributed by atoms with Crippen LogP contribution < -0.4 is 10.1 Å². The van der Waals surface area contributed by atoms with Gasteiger partial charge in [0.05, 0.1) is 6.61 Å². The maximum Gasteiger partial charge on any atom is 0.134 e. The Bertz CT molecular complexity index is 402. The largest absolute Gasteiger partial charge is 0.486 e. The Hall–Kier alpha value is -1.13. The second kappa shape index (κ2) is 6.87. The van der Waals surface area contributed by atoms with E-state index in [-0.39, 0.29) is 17.5 Å². The van der Waals surface area contributed by atoms with Gasteiger partial charge in [0.2, 0.25) is 0 Å². The fourth-order valence-electron chi connectivity index (χ4n) is 1.62. The van der Waals surface area contributed by atoms with E-state index in [0.29, 0.717) is 18.9 Å². The zero-order valence-corrected chi connectivity index (χ0v) is 12.4. The molecule has 0 aliphatic rings. The summed E-state index contributed by atoms with van der Waals surface area (Å²) in [5.74, 6) is 0.276. The number of halogens is 1. The first-order valence-corrected chi connectivity index (χ1v) is 6.48. The molecule has 0 aliphatic carbocycles. The topological polar surface area (TPSA) is 30.5 Å². The lowest BCUT2D eigenvalue weighted by molar-refractivity contribution is 0.0758. The van der Waals surface area contributed by atoms with Gasteiger partial charge < -0.3 is 14.8 Å². The van der Waals surface area contributed by atoms with Crippen molar-refractivity contribution in [1.29, 1.82) is 0 Å². The van der Waals surface area contributed by atoms with Crippen LogP contribution in [0.5, 0.6) is 5.75 Å². The van der Waals surface area contributed by atoms with Crippen molar-refractivity contribution in [2.75, 3.05) is 20.3 Å².